The molecule has 2 aromatic carbocycles. The van der Waals surface area contributed by atoms with Crippen LogP contribution in [0, 0.1) is 4.77 Å². The summed E-state index contributed by atoms with van der Waals surface area (Å²) < 4.78 is 6.79. The number of hydrogen-bond acceptors (Lipinski definition) is 4. The van der Waals surface area contributed by atoms with Crippen molar-refractivity contribution in [3.05, 3.63) is 68.7 Å². The van der Waals surface area contributed by atoms with E-state index in [1.54, 1.807) is 7.11 Å². The molecule has 158 valence electrons. The number of H-pyrrole nitrogens is 2. The summed E-state index contributed by atoms with van der Waals surface area (Å²) in [4.78, 5) is 32.2. The van der Waals surface area contributed by atoms with Crippen LogP contribution in [0.15, 0.2) is 47.3 Å². The number of rotatable bonds is 4. The van der Waals surface area contributed by atoms with E-state index in [4.69, 9.17) is 17.0 Å². The first-order valence-electron chi connectivity index (χ1n) is 10.2. The van der Waals surface area contributed by atoms with E-state index in [2.05, 4.69) is 27.4 Å². The van der Waals surface area contributed by atoms with E-state index >= 15 is 0 Å². The summed E-state index contributed by atoms with van der Waals surface area (Å²) in [7, 11) is 1.59. The standard InChI is InChI=1S/C23H22N4O3S/c1-30-14-9-10-18-16(11-14)20-21(25-18)22(29)27(23(31)26-20)12-19(28)24-17-8-4-6-13-5-2-3-7-15(13)17/h2-3,5,7,9-11,17,25H,4,6,8,12H2,1H3,(H,24,28)(H,26,31). The minimum absolute atomic E-state index is 0.0463. The van der Waals surface area contributed by atoms with Crippen molar-refractivity contribution in [2.45, 2.75) is 31.8 Å². The van der Waals surface area contributed by atoms with Crippen molar-refractivity contribution in [1.29, 1.82) is 0 Å². The number of carbonyl (C=O) groups is 1. The van der Waals surface area contributed by atoms with Crippen molar-refractivity contribution in [3.8, 4) is 5.75 Å². The van der Waals surface area contributed by atoms with Crippen LogP contribution in [0.25, 0.3) is 21.9 Å². The topological polar surface area (TPSA) is 91.9 Å². The molecule has 1 aliphatic carbocycles. The van der Waals surface area contributed by atoms with Gasteiger partial charge in [0.05, 0.1) is 18.7 Å². The molecule has 8 heteroatoms. The minimum Gasteiger partial charge on any atom is -0.497 e. The smallest absolute Gasteiger partial charge is 0.279 e. The lowest BCUT2D eigenvalue weighted by atomic mass is 9.88. The van der Waals surface area contributed by atoms with Crippen LogP contribution in [-0.2, 0) is 17.8 Å². The Kier molecular flexibility index (Phi) is 4.86. The zero-order chi connectivity index (χ0) is 21.5. The summed E-state index contributed by atoms with van der Waals surface area (Å²) in [5, 5.41) is 3.90. The van der Waals surface area contributed by atoms with E-state index in [1.807, 2.05) is 30.3 Å². The maximum absolute atomic E-state index is 13.1. The molecule has 1 unspecified atom stereocenters. The van der Waals surface area contributed by atoms with Crippen LogP contribution in [-0.4, -0.2) is 27.6 Å². The number of carbonyl (C=O) groups excluding carboxylic acids is 1. The molecule has 0 spiro atoms. The van der Waals surface area contributed by atoms with Crippen LogP contribution in [0.3, 0.4) is 0 Å². The first-order chi connectivity index (χ1) is 15.0. The first kappa shape index (κ1) is 19.6. The maximum Gasteiger partial charge on any atom is 0.279 e. The van der Waals surface area contributed by atoms with Gasteiger partial charge in [0.15, 0.2) is 4.77 Å². The van der Waals surface area contributed by atoms with E-state index in [0.717, 1.165) is 35.7 Å². The van der Waals surface area contributed by atoms with E-state index in [-0.39, 0.29) is 28.8 Å². The predicted molar refractivity (Wildman–Crippen MR) is 122 cm³/mol. The third-order valence-electron chi connectivity index (χ3n) is 5.95. The number of ether oxygens (including phenoxy) is 1. The number of nitrogens with one attached hydrogen (secondary N) is 3. The highest BCUT2D eigenvalue weighted by molar-refractivity contribution is 7.71. The molecular weight excluding hydrogens is 412 g/mol. The molecule has 0 saturated carbocycles. The van der Waals surface area contributed by atoms with E-state index in [1.165, 1.54) is 10.1 Å². The molecule has 1 amide bonds. The van der Waals surface area contributed by atoms with Gasteiger partial charge in [-0.15, -0.1) is 0 Å². The second-order valence-corrected chi connectivity index (χ2v) is 8.21. The fourth-order valence-electron chi connectivity index (χ4n) is 4.42. The highest BCUT2D eigenvalue weighted by Gasteiger charge is 2.22. The maximum atomic E-state index is 13.1. The SMILES string of the molecule is COc1ccc2[nH]c3c(=O)n(CC(=O)NC4CCCc5ccccc54)c(=S)[nH]c3c2c1. The Hall–Kier alpha value is -3.39. The van der Waals surface area contributed by atoms with Gasteiger partial charge in [-0.1, -0.05) is 24.3 Å². The second kappa shape index (κ2) is 7.70. The molecule has 0 radical (unpaired) electrons. The van der Waals surface area contributed by atoms with Gasteiger partial charge in [-0.3, -0.25) is 14.2 Å². The van der Waals surface area contributed by atoms with Crippen LogP contribution in [0.5, 0.6) is 5.75 Å². The molecule has 3 N–H and O–H groups in total. The normalized spacial score (nSPS) is 15.7. The lowest BCUT2D eigenvalue weighted by Gasteiger charge is -2.26. The summed E-state index contributed by atoms with van der Waals surface area (Å²) in [5.74, 6) is 0.449. The summed E-state index contributed by atoms with van der Waals surface area (Å²) in [6, 6.07) is 13.6. The van der Waals surface area contributed by atoms with E-state index in [9.17, 15) is 9.59 Å². The van der Waals surface area contributed by atoms with Crippen LogP contribution in [0.2, 0.25) is 0 Å². The van der Waals surface area contributed by atoms with Gasteiger partial charge >= 0.3 is 0 Å². The van der Waals surface area contributed by atoms with Crippen molar-refractivity contribution in [2.24, 2.45) is 0 Å². The molecule has 4 aromatic rings. The number of methoxy groups -OCH3 is 1. The third-order valence-corrected chi connectivity index (χ3v) is 6.27. The summed E-state index contributed by atoms with van der Waals surface area (Å²) in [5.41, 5.74) is 3.88. The van der Waals surface area contributed by atoms with E-state index in [0.29, 0.717) is 16.8 Å². The van der Waals surface area contributed by atoms with Crippen LogP contribution in [0.4, 0.5) is 0 Å². The molecule has 0 saturated heterocycles. The van der Waals surface area contributed by atoms with Crippen LogP contribution >= 0.6 is 12.2 Å². The molecular formula is C23H22N4O3S. The molecule has 2 aromatic heterocycles. The summed E-state index contributed by atoms with van der Waals surface area (Å²) >= 11 is 5.43. The highest BCUT2D eigenvalue weighted by atomic mass is 32.1. The number of aromatic amines is 2. The van der Waals surface area contributed by atoms with Crippen molar-refractivity contribution in [3.63, 3.8) is 0 Å². The van der Waals surface area contributed by atoms with Crippen molar-refractivity contribution >= 4 is 40.1 Å². The molecule has 31 heavy (non-hydrogen) atoms. The molecule has 1 aliphatic rings. The quantitative estimate of drug-likeness (QED) is 0.427. The van der Waals surface area contributed by atoms with Gasteiger partial charge in [0.25, 0.3) is 5.56 Å². The average molecular weight is 435 g/mol. The molecule has 0 fully saturated rings. The summed E-state index contributed by atoms with van der Waals surface area (Å²) in [6.07, 6.45) is 2.93. The van der Waals surface area contributed by atoms with Gasteiger partial charge in [-0.25, -0.2) is 0 Å². The third kappa shape index (κ3) is 3.42. The van der Waals surface area contributed by atoms with Gasteiger partial charge in [-0.2, -0.15) is 0 Å². The number of aromatic nitrogens is 3. The molecule has 2 heterocycles. The van der Waals surface area contributed by atoms with Gasteiger partial charge in [0.2, 0.25) is 5.91 Å². The Morgan fingerprint density at radius 1 is 1.23 bits per heavy atom. The van der Waals surface area contributed by atoms with Crippen molar-refractivity contribution in [2.75, 3.05) is 7.11 Å². The Morgan fingerprint density at radius 3 is 2.90 bits per heavy atom. The number of benzene rings is 2. The predicted octanol–water partition coefficient (Wildman–Crippen LogP) is 3.74. The fourth-order valence-corrected chi connectivity index (χ4v) is 4.67. The number of hydrogen-bond donors (Lipinski definition) is 3. The zero-order valence-electron chi connectivity index (χ0n) is 17.0. The number of fused-ring (bicyclic) bond motifs is 4. The molecule has 5 rings (SSSR count). The fraction of sp³-hybridized carbons (Fsp3) is 0.261. The highest BCUT2D eigenvalue weighted by Crippen LogP contribution is 2.29. The van der Waals surface area contributed by atoms with Crippen molar-refractivity contribution in [1.82, 2.24) is 19.9 Å². The minimum atomic E-state index is -0.326. The van der Waals surface area contributed by atoms with Gasteiger partial charge in [0, 0.05) is 10.9 Å². The van der Waals surface area contributed by atoms with E-state index < -0.39 is 0 Å². The van der Waals surface area contributed by atoms with Crippen molar-refractivity contribution < 1.29 is 9.53 Å². The lowest BCUT2D eigenvalue weighted by Crippen LogP contribution is -2.36. The monoisotopic (exact) mass is 434 g/mol. The Morgan fingerprint density at radius 2 is 2.06 bits per heavy atom. The Bertz CT molecular complexity index is 1430. The number of aryl methyl sites for hydroxylation is 1. The zero-order valence-corrected chi connectivity index (χ0v) is 17.8. The van der Waals surface area contributed by atoms with Crippen LogP contribution in [0.1, 0.15) is 30.0 Å². The van der Waals surface area contributed by atoms with Gasteiger partial charge in [-0.05, 0) is 60.8 Å². The van der Waals surface area contributed by atoms with Gasteiger partial charge in [0.1, 0.15) is 17.8 Å². The Labute approximate surface area is 183 Å². The lowest BCUT2D eigenvalue weighted by molar-refractivity contribution is -0.122. The number of nitrogens with zero attached hydrogens (tertiary/aromatic N) is 1. The first-order valence-corrected chi connectivity index (χ1v) is 10.7. The second-order valence-electron chi connectivity index (χ2n) is 7.82. The molecule has 1 atom stereocenters. The average Bonchev–Trinajstić information content (AvgIpc) is 3.14. The van der Waals surface area contributed by atoms with Gasteiger partial charge < -0.3 is 20.0 Å². The summed E-state index contributed by atoms with van der Waals surface area (Å²) in [6.45, 7) is -0.137. The molecule has 0 bridgehead atoms. The largest absolute Gasteiger partial charge is 0.497 e. The Balaban J connectivity index is 1.47. The van der Waals surface area contributed by atoms with Crippen LogP contribution < -0.4 is 15.6 Å². The number of amides is 1. The molecule has 7 nitrogen and oxygen atoms in total. The molecule has 0 aliphatic heterocycles.